The van der Waals surface area contributed by atoms with Crippen molar-refractivity contribution in [1.82, 2.24) is 4.72 Å². The predicted octanol–water partition coefficient (Wildman–Crippen LogP) is 4.14. The van der Waals surface area contributed by atoms with E-state index in [2.05, 4.69) is 9.08 Å². The molecule has 2 amide bonds. The number of hydrogen-bond donors (Lipinski definition) is 1. The first-order valence-corrected chi connectivity index (χ1v) is 11.9. The maximum Gasteiger partial charge on any atom is 0.286 e. The molecule has 172 valence electrons. The minimum Gasteiger partial charge on any atom is -0.378 e. The summed E-state index contributed by atoms with van der Waals surface area (Å²) in [7, 11) is 4.01. The molecule has 0 aliphatic rings. The van der Waals surface area contributed by atoms with E-state index < -0.39 is 21.7 Å². The van der Waals surface area contributed by atoms with Crippen LogP contribution < -0.4 is 14.5 Å². The van der Waals surface area contributed by atoms with Gasteiger partial charge in [0.1, 0.15) is 0 Å². The van der Waals surface area contributed by atoms with Gasteiger partial charge < -0.3 is 9.80 Å². The summed E-state index contributed by atoms with van der Waals surface area (Å²) in [6.07, 6.45) is 0. The molecule has 1 N–H and O–H groups in total. The Morgan fingerprint density at radius 3 is 1.64 bits per heavy atom. The maximum absolute atomic E-state index is 13.9. The van der Waals surface area contributed by atoms with Crippen molar-refractivity contribution in [3.8, 4) is 0 Å². The zero-order chi connectivity index (χ0) is 24.2. The third-order valence-electron chi connectivity index (χ3n) is 5.06. The Morgan fingerprint density at radius 2 is 1.18 bits per heavy atom. The highest BCUT2D eigenvalue weighted by atomic mass is 32.2. The van der Waals surface area contributed by atoms with Crippen molar-refractivity contribution in [3.63, 3.8) is 0 Å². The number of carbonyl (C=O) groups excluding carboxylic acids is 2. The van der Waals surface area contributed by atoms with E-state index in [1.165, 1.54) is 0 Å². The summed E-state index contributed by atoms with van der Waals surface area (Å²) in [5.74, 6) is -1.25. The van der Waals surface area contributed by atoms with Crippen LogP contribution in [0, 0.1) is 6.92 Å². The molecular formula is C25H28N4O3S. The molecule has 0 saturated heterocycles. The number of aryl methyl sites for hydroxylation is 1. The molecule has 0 bridgehead atoms. The summed E-state index contributed by atoms with van der Waals surface area (Å²) in [5, 5.41) is 0. The summed E-state index contributed by atoms with van der Waals surface area (Å²) < 4.78 is 20.4. The molecule has 1 atom stereocenters. The molecule has 0 aliphatic heterocycles. The summed E-state index contributed by atoms with van der Waals surface area (Å²) in [6, 6.07) is 20.4. The van der Waals surface area contributed by atoms with Gasteiger partial charge in [0.15, 0.2) is 9.92 Å². The topological polar surface area (TPSA) is 82.1 Å². The van der Waals surface area contributed by atoms with Crippen LogP contribution in [-0.2, 0) is 9.92 Å². The fourth-order valence-corrected chi connectivity index (χ4v) is 4.51. The highest BCUT2D eigenvalue weighted by molar-refractivity contribution is 7.92. The summed E-state index contributed by atoms with van der Waals surface area (Å²) >= 11 is 0. The van der Waals surface area contributed by atoms with Crippen molar-refractivity contribution in [3.05, 3.63) is 89.5 Å². The molecule has 3 rings (SSSR count). The van der Waals surface area contributed by atoms with Gasteiger partial charge in [-0.3, -0.25) is 14.3 Å². The molecule has 0 spiro atoms. The van der Waals surface area contributed by atoms with Gasteiger partial charge in [-0.05, 0) is 67.6 Å². The molecule has 7 nitrogen and oxygen atoms in total. The Bertz CT molecular complexity index is 1260. The van der Waals surface area contributed by atoms with Crippen LogP contribution in [0.3, 0.4) is 0 Å². The molecular weight excluding hydrogens is 436 g/mol. The monoisotopic (exact) mass is 464 g/mol. The average Bonchev–Trinajstić information content (AvgIpc) is 2.79. The summed E-state index contributed by atoms with van der Waals surface area (Å²) in [6.45, 7) is 1.89. The average molecular weight is 465 g/mol. The lowest BCUT2D eigenvalue weighted by molar-refractivity contribution is 0.0982. The van der Waals surface area contributed by atoms with E-state index in [0.717, 1.165) is 16.9 Å². The fraction of sp³-hybridized carbons (Fsp3) is 0.200. The highest BCUT2D eigenvalue weighted by Crippen LogP contribution is 2.18. The van der Waals surface area contributed by atoms with Crippen molar-refractivity contribution in [2.75, 3.05) is 38.0 Å². The van der Waals surface area contributed by atoms with Crippen molar-refractivity contribution < 1.29 is 13.8 Å². The lowest BCUT2D eigenvalue weighted by Crippen LogP contribution is -2.31. The Morgan fingerprint density at radius 1 is 0.727 bits per heavy atom. The van der Waals surface area contributed by atoms with Gasteiger partial charge in [-0.15, -0.1) is 4.36 Å². The van der Waals surface area contributed by atoms with Crippen molar-refractivity contribution in [2.24, 2.45) is 4.36 Å². The summed E-state index contributed by atoms with van der Waals surface area (Å²) in [4.78, 5) is 29.9. The first kappa shape index (κ1) is 24.0. The Labute approximate surface area is 195 Å². The second kappa shape index (κ2) is 9.87. The lowest BCUT2D eigenvalue weighted by Gasteiger charge is -2.15. The van der Waals surface area contributed by atoms with Crippen LogP contribution in [0.1, 0.15) is 26.3 Å². The van der Waals surface area contributed by atoms with E-state index in [1.807, 2.05) is 44.9 Å². The highest BCUT2D eigenvalue weighted by Gasteiger charge is 2.20. The predicted molar refractivity (Wildman–Crippen MR) is 133 cm³/mol. The largest absolute Gasteiger partial charge is 0.378 e. The van der Waals surface area contributed by atoms with Gasteiger partial charge in [-0.1, -0.05) is 17.7 Å². The minimum atomic E-state index is -3.58. The van der Waals surface area contributed by atoms with Crippen molar-refractivity contribution >= 4 is 33.1 Å². The zero-order valence-electron chi connectivity index (χ0n) is 19.4. The first-order chi connectivity index (χ1) is 15.6. The van der Waals surface area contributed by atoms with Crippen molar-refractivity contribution in [2.45, 2.75) is 11.8 Å². The van der Waals surface area contributed by atoms with Gasteiger partial charge in [0, 0.05) is 50.7 Å². The van der Waals surface area contributed by atoms with Gasteiger partial charge in [0.2, 0.25) is 0 Å². The molecule has 3 aromatic rings. The van der Waals surface area contributed by atoms with Crippen molar-refractivity contribution in [1.29, 1.82) is 0 Å². The Kier molecular flexibility index (Phi) is 7.18. The first-order valence-electron chi connectivity index (χ1n) is 10.3. The van der Waals surface area contributed by atoms with Gasteiger partial charge in [-0.25, -0.2) is 4.21 Å². The molecule has 8 heteroatoms. The van der Waals surface area contributed by atoms with Crippen LogP contribution >= 0.6 is 0 Å². The van der Waals surface area contributed by atoms with Crippen LogP contribution in [0.4, 0.5) is 11.4 Å². The normalized spacial score (nSPS) is 12.4. The molecule has 0 saturated carbocycles. The van der Waals surface area contributed by atoms with Crippen LogP contribution in [0.5, 0.6) is 0 Å². The number of amides is 2. The quantitative estimate of drug-likeness (QED) is 0.593. The molecule has 0 heterocycles. The van der Waals surface area contributed by atoms with Crippen LogP contribution in [0.25, 0.3) is 0 Å². The summed E-state index contributed by atoms with van der Waals surface area (Å²) in [5.41, 5.74) is 3.40. The van der Waals surface area contributed by atoms with Gasteiger partial charge in [0.25, 0.3) is 11.8 Å². The number of hydrogen-bond acceptors (Lipinski definition) is 5. The molecule has 1 unspecified atom stereocenters. The molecule has 0 fully saturated rings. The number of rotatable bonds is 6. The SMILES string of the molecule is Cc1ccc(S(=O)(=NC(=O)c2ccc(N(C)C)cc2)NC(=O)c2ccc(N(C)C)cc2)cc1. The number of carbonyl (C=O) groups is 2. The molecule has 33 heavy (non-hydrogen) atoms. The number of nitrogens with zero attached hydrogens (tertiary/aromatic N) is 3. The second-order valence-electron chi connectivity index (χ2n) is 8.05. The van der Waals surface area contributed by atoms with E-state index in [9.17, 15) is 13.8 Å². The standard InChI is InChI=1S/C25H28N4O3S/c1-18-6-16-23(17-7-18)33(32,26-24(30)19-8-12-21(13-9-19)28(2)3)27-25(31)20-10-14-22(15-11-20)29(4)5/h6-17H,1-5H3,(H,26,27,30,31,32). The van der Waals surface area contributed by atoms with Crippen LogP contribution in [0.2, 0.25) is 0 Å². The Hall–Kier alpha value is -3.65. The third kappa shape index (κ3) is 5.78. The number of anilines is 2. The minimum absolute atomic E-state index is 0.254. The van der Waals surface area contributed by atoms with E-state index in [-0.39, 0.29) is 10.5 Å². The fourth-order valence-electron chi connectivity index (χ4n) is 3.02. The van der Waals surface area contributed by atoms with E-state index in [0.29, 0.717) is 5.56 Å². The van der Waals surface area contributed by atoms with E-state index in [1.54, 1.807) is 72.8 Å². The molecule has 3 aromatic carbocycles. The van der Waals surface area contributed by atoms with Crippen LogP contribution in [-0.4, -0.2) is 44.2 Å². The van der Waals surface area contributed by atoms with Crippen LogP contribution in [0.15, 0.2) is 82.1 Å². The zero-order valence-corrected chi connectivity index (χ0v) is 20.2. The number of benzene rings is 3. The molecule has 0 aliphatic carbocycles. The van der Waals surface area contributed by atoms with E-state index >= 15 is 0 Å². The van der Waals surface area contributed by atoms with Gasteiger partial charge in [0.05, 0.1) is 4.90 Å². The van der Waals surface area contributed by atoms with E-state index in [4.69, 9.17) is 0 Å². The second-order valence-corrected chi connectivity index (χ2v) is 9.96. The lowest BCUT2D eigenvalue weighted by atomic mass is 10.2. The third-order valence-corrected chi connectivity index (χ3v) is 6.86. The smallest absolute Gasteiger partial charge is 0.286 e. The van der Waals surface area contributed by atoms with Gasteiger partial charge >= 0.3 is 0 Å². The maximum atomic E-state index is 13.9. The number of nitrogens with one attached hydrogen (secondary N) is 1. The molecule has 0 radical (unpaired) electrons. The Balaban J connectivity index is 1.99. The molecule has 0 aromatic heterocycles. The van der Waals surface area contributed by atoms with Gasteiger partial charge in [-0.2, -0.15) is 0 Å².